The minimum atomic E-state index is -0.393. The molecule has 0 bridgehead atoms. The van der Waals surface area contributed by atoms with Crippen molar-refractivity contribution < 1.29 is 9.59 Å². The molecule has 0 saturated heterocycles. The maximum absolute atomic E-state index is 11.5. The van der Waals surface area contributed by atoms with Crippen molar-refractivity contribution in [3.05, 3.63) is 23.8 Å². The summed E-state index contributed by atoms with van der Waals surface area (Å²) in [5, 5.41) is 5.59. The molecule has 0 aliphatic rings. The van der Waals surface area contributed by atoms with Gasteiger partial charge in [-0.15, -0.1) is 0 Å². The van der Waals surface area contributed by atoms with Crippen LogP contribution in [0.25, 0.3) is 0 Å². The van der Waals surface area contributed by atoms with E-state index >= 15 is 0 Å². The third-order valence-electron chi connectivity index (χ3n) is 2.45. The second-order valence-corrected chi connectivity index (χ2v) is 4.10. The van der Waals surface area contributed by atoms with Gasteiger partial charge in [0.15, 0.2) is 0 Å². The summed E-state index contributed by atoms with van der Waals surface area (Å²) in [7, 11) is 1.56. The van der Waals surface area contributed by atoms with Crippen LogP contribution in [0.1, 0.15) is 23.7 Å². The number of carbonyl (C=O) groups is 2. The number of benzene rings is 1. The third-order valence-corrected chi connectivity index (χ3v) is 2.45. The molecule has 1 atom stereocenters. The number of nitrogens with one attached hydrogen (secondary N) is 2. The van der Waals surface area contributed by atoms with E-state index in [2.05, 4.69) is 10.6 Å². The molecule has 6 nitrogen and oxygen atoms in total. The summed E-state index contributed by atoms with van der Waals surface area (Å²) in [6, 6.07) is 4.78. The first-order valence-electron chi connectivity index (χ1n) is 5.60. The number of anilines is 2. The fourth-order valence-electron chi connectivity index (χ4n) is 1.59. The molecule has 0 aliphatic carbocycles. The lowest BCUT2D eigenvalue weighted by Crippen LogP contribution is -2.25. The van der Waals surface area contributed by atoms with Crippen molar-refractivity contribution in [2.24, 2.45) is 5.73 Å². The third kappa shape index (κ3) is 3.65. The normalized spacial score (nSPS) is 11.7. The highest BCUT2D eigenvalue weighted by Crippen LogP contribution is 2.21. The first-order valence-corrected chi connectivity index (χ1v) is 5.60. The number of primary amides is 1. The Morgan fingerprint density at radius 1 is 1.39 bits per heavy atom. The fourth-order valence-corrected chi connectivity index (χ4v) is 1.59. The van der Waals surface area contributed by atoms with Crippen LogP contribution in [0.3, 0.4) is 0 Å². The largest absolute Gasteiger partial charge is 0.397 e. The zero-order chi connectivity index (χ0) is 13.7. The highest BCUT2D eigenvalue weighted by atomic mass is 16.1. The van der Waals surface area contributed by atoms with E-state index in [-0.39, 0.29) is 18.4 Å². The Morgan fingerprint density at radius 3 is 2.61 bits per heavy atom. The van der Waals surface area contributed by atoms with Crippen LogP contribution in [-0.4, -0.2) is 24.9 Å². The highest BCUT2D eigenvalue weighted by Gasteiger charge is 2.10. The summed E-state index contributed by atoms with van der Waals surface area (Å²) < 4.78 is 0. The Morgan fingerprint density at radius 2 is 2.06 bits per heavy atom. The van der Waals surface area contributed by atoms with Gasteiger partial charge >= 0.3 is 0 Å². The van der Waals surface area contributed by atoms with Crippen LogP contribution in [0.15, 0.2) is 18.2 Å². The molecule has 1 aromatic carbocycles. The van der Waals surface area contributed by atoms with Crippen molar-refractivity contribution in [3.8, 4) is 0 Å². The van der Waals surface area contributed by atoms with Crippen LogP contribution in [0.5, 0.6) is 0 Å². The van der Waals surface area contributed by atoms with Gasteiger partial charge in [0, 0.05) is 25.1 Å². The molecule has 2 amide bonds. The summed E-state index contributed by atoms with van der Waals surface area (Å²) in [4.78, 5) is 22.3. The summed E-state index contributed by atoms with van der Waals surface area (Å²) in [5.41, 5.74) is 12.5. The molecule has 0 fully saturated rings. The second kappa shape index (κ2) is 5.90. The molecule has 18 heavy (non-hydrogen) atoms. The van der Waals surface area contributed by atoms with Crippen LogP contribution in [0, 0.1) is 0 Å². The van der Waals surface area contributed by atoms with Crippen LogP contribution < -0.4 is 22.1 Å². The Kier molecular flexibility index (Phi) is 4.53. The molecule has 0 saturated carbocycles. The molecule has 6 N–H and O–H groups in total. The zero-order valence-corrected chi connectivity index (χ0v) is 10.5. The molecule has 0 heterocycles. The standard InChI is InChI=1S/C12H18N4O2/c1-7(5-11(14)17)16-10-6-8(12(18)15-2)3-4-9(10)13/h3-4,6-7,16H,5,13H2,1-2H3,(H2,14,17)(H,15,18). The predicted octanol–water partition coefficient (Wildman–Crippen LogP) is 0.304. The van der Waals surface area contributed by atoms with E-state index in [1.807, 2.05) is 6.92 Å². The zero-order valence-electron chi connectivity index (χ0n) is 10.5. The van der Waals surface area contributed by atoms with Crippen LogP contribution in [0.2, 0.25) is 0 Å². The second-order valence-electron chi connectivity index (χ2n) is 4.10. The molecule has 1 aromatic rings. The average molecular weight is 250 g/mol. The van der Waals surface area contributed by atoms with E-state index in [0.29, 0.717) is 16.9 Å². The lowest BCUT2D eigenvalue weighted by atomic mass is 10.1. The molecule has 1 rings (SSSR count). The first-order chi connectivity index (χ1) is 8.43. The molecule has 0 spiro atoms. The number of nitrogens with two attached hydrogens (primary N) is 2. The van der Waals surface area contributed by atoms with Gasteiger partial charge in [0.05, 0.1) is 11.4 Å². The molecule has 0 aliphatic heterocycles. The summed E-state index contributed by atoms with van der Waals surface area (Å²) in [5.74, 6) is -0.586. The van der Waals surface area contributed by atoms with Gasteiger partial charge in [-0.1, -0.05) is 0 Å². The molecular formula is C12H18N4O2. The quantitative estimate of drug-likeness (QED) is 0.563. The van der Waals surface area contributed by atoms with Gasteiger partial charge in [0.1, 0.15) is 0 Å². The number of rotatable bonds is 5. The number of amides is 2. The van der Waals surface area contributed by atoms with E-state index in [4.69, 9.17) is 11.5 Å². The van der Waals surface area contributed by atoms with Crippen LogP contribution in [0.4, 0.5) is 11.4 Å². The van der Waals surface area contributed by atoms with E-state index in [0.717, 1.165) is 0 Å². The first kappa shape index (κ1) is 13.8. The molecule has 0 aromatic heterocycles. The summed E-state index contributed by atoms with van der Waals surface area (Å²) in [6.07, 6.45) is 0.198. The number of nitrogen functional groups attached to an aromatic ring is 1. The van der Waals surface area contributed by atoms with E-state index in [9.17, 15) is 9.59 Å². The molecular weight excluding hydrogens is 232 g/mol. The Bertz CT molecular complexity index is 459. The topological polar surface area (TPSA) is 110 Å². The molecule has 98 valence electrons. The Hall–Kier alpha value is -2.24. The molecule has 0 radical (unpaired) electrons. The van der Waals surface area contributed by atoms with Gasteiger partial charge < -0.3 is 22.1 Å². The van der Waals surface area contributed by atoms with Gasteiger partial charge in [-0.25, -0.2) is 0 Å². The van der Waals surface area contributed by atoms with Gasteiger partial charge in [-0.2, -0.15) is 0 Å². The SMILES string of the molecule is CNC(=O)c1ccc(N)c(NC(C)CC(N)=O)c1. The van der Waals surface area contributed by atoms with Gasteiger partial charge in [0.25, 0.3) is 5.91 Å². The fraction of sp³-hybridized carbons (Fsp3) is 0.333. The van der Waals surface area contributed by atoms with Crippen molar-refractivity contribution >= 4 is 23.2 Å². The molecule has 6 heteroatoms. The predicted molar refractivity (Wildman–Crippen MR) is 71.1 cm³/mol. The lowest BCUT2D eigenvalue weighted by molar-refractivity contribution is -0.118. The lowest BCUT2D eigenvalue weighted by Gasteiger charge is -2.16. The van der Waals surface area contributed by atoms with Crippen molar-refractivity contribution in [2.75, 3.05) is 18.1 Å². The minimum Gasteiger partial charge on any atom is -0.397 e. The monoisotopic (exact) mass is 250 g/mol. The van der Waals surface area contributed by atoms with Crippen molar-refractivity contribution in [3.63, 3.8) is 0 Å². The average Bonchev–Trinajstić information content (AvgIpc) is 2.30. The highest BCUT2D eigenvalue weighted by molar-refractivity contribution is 5.96. The summed E-state index contributed by atoms with van der Waals surface area (Å²) >= 11 is 0. The molecule has 1 unspecified atom stereocenters. The maximum atomic E-state index is 11.5. The van der Waals surface area contributed by atoms with E-state index < -0.39 is 5.91 Å². The van der Waals surface area contributed by atoms with Gasteiger partial charge in [-0.3, -0.25) is 9.59 Å². The number of carbonyl (C=O) groups excluding carboxylic acids is 2. The summed E-state index contributed by atoms with van der Waals surface area (Å²) in [6.45, 7) is 1.82. The Labute approximate surface area is 106 Å². The van der Waals surface area contributed by atoms with Crippen molar-refractivity contribution in [2.45, 2.75) is 19.4 Å². The maximum Gasteiger partial charge on any atom is 0.251 e. The van der Waals surface area contributed by atoms with E-state index in [1.165, 1.54) is 0 Å². The van der Waals surface area contributed by atoms with Crippen molar-refractivity contribution in [1.82, 2.24) is 5.32 Å². The van der Waals surface area contributed by atoms with Crippen LogP contribution >= 0.6 is 0 Å². The number of hydrogen-bond acceptors (Lipinski definition) is 4. The minimum absolute atomic E-state index is 0.148. The van der Waals surface area contributed by atoms with E-state index in [1.54, 1.807) is 25.2 Å². The number of hydrogen-bond donors (Lipinski definition) is 4. The van der Waals surface area contributed by atoms with Gasteiger partial charge in [-0.05, 0) is 25.1 Å². The van der Waals surface area contributed by atoms with Crippen molar-refractivity contribution in [1.29, 1.82) is 0 Å². The smallest absolute Gasteiger partial charge is 0.251 e. The Balaban J connectivity index is 2.87. The van der Waals surface area contributed by atoms with Gasteiger partial charge in [0.2, 0.25) is 5.91 Å². The van der Waals surface area contributed by atoms with Crippen LogP contribution in [-0.2, 0) is 4.79 Å².